The molecule has 3 aliphatic rings. The first-order valence-corrected chi connectivity index (χ1v) is 10.5. The highest BCUT2D eigenvalue weighted by Gasteiger charge is 2.43. The first kappa shape index (κ1) is 19.2. The number of benzene rings is 1. The van der Waals surface area contributed by atoms with Gasteiger partial charge in [0.15, 0.2) is 5.96 Å². The third-order valence-corrected chi connectivity index (χ3v) is 6.97. The second-order valence-corrected chi connectivity index (χ2v) is 8.87. The van der Waals surface area contributed by atoms with Crippen molar-refractivity contribution in [2.45, 2.75) is 50.4 Å². The lowest BCUT2D eigenvalue weighted by Gasteiger charge is -2.41. The molecule has 5 nitrogen and oxygen atoms in total. The van der Waals surface area contributed by atoms with E-state index in [0.717, 1.165) is 57.8 Å². The third kappa shape index (κ3) is 3.74. The number of nitrogens with zero attached hydrogens (tertiary/aromatic N) is 2. The summed E-state index contributed by atoms with van der Waals surface area (Å²) < 4.78 is 13.4. The first-order chi connectivity index (χ1) is 13.5. The van der Waals surface area contributed by atoms with E-state index in [1.807, 2.05) is 19.2 Å². The van der Waals surface area contributed by atoms with E-state index in [1.54, 1.807) is 12.1 Å². The van der Waals surface area contributed by atoms with E-state index < -0.39 is 0 Å². The molecule has 2 N–H and O–H groups in total. The number of halogens is 1. The molecule has 1 saturated carbocycles. The number of guanidine groups is 1. The van der Waals surface area contributed by atoms with Gasteiger partial charge in [0.1, 0.15) is 5.82 Å². The molecular formula is C22H31FN4O. The fourth-order valence-corrected chi connectivity index (χ4v) is 5.43. The monoisotopic (exact) mass is 386 g/mol. The van der Waals surface area contributed by atoms with Crippen molar-refractivity contribution in [2.75, 3.05) is 33.2 Å². The Morgan fingerprint density at radius 1 is 1.21 bits per heavy atom. The van der Waals surface area contributed by atoms with Crippen molar-refractivity contribution in [1.29, 1.82) is 0 Å². The average Bonchev–Trinajstić information content (AvgIpc) is 3.31. The molecular weight excluding hydrogens is 355 g/mol. The normalized spacial score (nSPS) is 27.3. The predicted molar refractivity (Wildman–Crippen MR) is 109 cm³/mol. The summed E-state index contributed by atoms with van der Waals surface area (Å²) in [5, 5.41) is 6.64. The zero-order chi connectivity index (χ0) is 19.6. The lowest BCUT2D eigenvalue weighted by Crippen LogP contribution is -2.53. The van der Waals surface area contributed by atoms with Crippen LogP contribution in [0.1, 0.15) is 50.5 Å². The lowest BCUT2D eigenvalue weighted by molar-refractivity contribution is -0.119. The summed E-state index contributed by atoms with van der Waals surface area (Å²) in [6, 6.07) is 7.03. The van der Waals surface area contributed by atoms with E-state index in [1.165, 1.54) is 18.4 Å². The predicted octanol–water partition coefficient (Wildman–Crippen LogP) is 2.82. The van der Waals surface area contributed by atoms with Gasteiger partial charge in [0.05, 0.1) is 0 Å². The fraction of sp³-hybridized carbons (Fsp3) is 0.636. The largest absolute Gasteiger partial charge is 0.355 e. The van der Waals surface area contributed by atoms with Gasteiger partial charge < -0.3 is 15.5 Å². The van der Waals surface area contributed by atoms with Crippen molar-refractivity contribution in [3.63, 3.8) is 0 Å². The maximum atomic E-state index is 13.4. The lowest BCUT2D eigenvalue weighted by atomic mass is 9.78. The Morgan fingerprint density at radius 3 is 2.61 bits per heavy atom. The summed E-state index contributed by atoms with van der Waals surface area (Å²) in [5.74, 6) is 0.914. The number of carbonyl (C=O) groups is 1. The molecule has 2 aliphatic heterocycles. The smallest absolute Gasteiger partial charge is 0.220 e. The Labute approximate surface area is 166 Å². The van der Waals surface area contributed by atoms with Gasteiger partial charge in [-0.15, -0.1) is 0 Å². The third-order valence-electron chi connectivity index (χ3n) is 6.97. The number of carbonyl (C=O) groups excluding carboxylic acids is 1. The molecule has 1 spiro atoms. The second kappa shape index (κ2) is 7.72. The van der Waals surface area contributed by atoms with Gasteiger partial charge in [0.2, 0.25) is 5.91 Å². The molecule has 2 saturated heterocycles. The molecule has 2 heterocycles. The van der Waals surface area contributed by atoms with Gasteiger partial charge in [-0.2, -0.15) is 0 Å². The SMILES string of the molecule is CN=C(NCC1(c2ccc(F)cc2)CCCC1)N1CCCC2(CNC(=O)C2)C1. The Morgan fingerprint density at radius 2 is 1.96 bits per heavy atom. The maximum absolute atomic E-state index is 13.4. The Balaban J connectivity index is 1.46. The topological polar surface area (TPSA) is 56.7 Å². The van der Waals surface area contributed by atoms with Crippen LogP contribution < -0.4 is 10.6 Å². The van der Waals surface area contributed by atoms with Crippen LogP contribution in [-0.2, 0) is 10.2 Å². The number of piperidine rings is 1. The number of hydrogen-bond acceptors (Lipinski definition) is 2. The molecule has 1 aliphatic carbocycles. The van der Waals surface area contributed by atoms with E-state index >= 15 is 0 Å². The van der Waals surface area contributed by atoms with E-state index in [4.69, 9.17) is 0 Å². The van der Waals surface area contributed by atoms with E-state index in [9.17, 15) is 9.18 Å². The zero-order valence-corrected chi connectivity index (χ0v) is 16.8. The van der Waals surface area contributed by atoms with E-state index in [2.05, 4.69) is 20.5 Å². The van der Waals surface area contributed by atoms with Gasteiger partial charge in [0.25, 0.3) is 0 Å². The molecule has 1 amide bonds. The van der Waals surface area contributed by atoms with Crippen molar-refractivity contribution in [2.24, 2.45) is 10.4 Å². The molecule has 1 atom stereocenters. The first-order valence-electron chi connectivity index (χ1n) is 10.5. The van der Waals surface area contributed by atoms with Gasteiger partial charge in [0, 0.05) is 50.5 Å². The highest BCUT2D eigenvalue weighted by molar-refractivity contribution is 5.81. The summed E-state index contributed by atoms with van der Waals surface area (Å²) in [7, 11) is 1.83. The summed E-state index contributed by atoms with van der Waals surface area (Å²) in [4.78, 5) is 18.7. The quantitative estimate of drug-likeness (QED) is 0.620. The number of aliphatic imine (C=N–C) groups is 1. The number of likely N-dealkylation sites (tertiary alicyclic amines) is 1. The molecule has 1 unspecified atom stereocenters. The molecule has 28 heavy (non-hydrogen) atoms. The highest BCUT2D eigenvalue weighted by atomic mass is 19.1. The molecule has 152 valence electrons. The highest BCUT2D eigenvalue weighted by Crippen LogP contribution is 2.41. The van der Waals surface area contributed by atoms with Crippen LogP contribution in [0, 0.1) is 11.2 Å². The summed E-state index contributed by atoms with van der Waals surface area (Å²) in [5.41, 5.74) is 1.31. The molecule has 4 rings (SSSR count). The van der Waals surface area contributed by atoms with Gasteiger partial charge in [-0.25, -0.2) is 4.39 Å². The maximum Gasteiger partial charge on any atom is 0.220 e. The van der Waals surface area contributed by atoms with Gasteiger partial charge in [-0.3, -0.25) is 9.79 Å². The molecule has 1 aromatic rings. The fourth-order valence-electron chi connectivity index (χ4n) is 5.43. The van der Waals surface area contributed by atoms with Gasteiger partial charge in [-0.05, 0) is 43.4 Å². The van der Waals surface area contributed by atoms with Crippen LogP contribution in [-0.4, -0.2) is 50.0 Å². The minimum atomic E-state index is -0.181. The Hall–Kier alpha value is -2.11. The van der Waals surface area contributed by atoms with Crippen molar-refractivity contribution < 1.29 is 9.18 Å². The summed E-state index contributed by atoms with van der Waals surface area (Å²) >= 11 is 0. The van der Waals surface area contributed by atoms with Crippen LogP contribution >= 0.6 is 0 Å². The molecule has 0 aromatic heterocycles. The van der Waals surface area contributed by atoms with Crippen LogP contribution in [0.15, 0.2) is 29.3 Å². The van der Waals surface area contributed by atoms with Crippen molar-refractivity contribution in [3.05, 3.63) is 35.6 Å². The van der Waals surface area contributed by atoms with E-state index in [0.29, 0.717) is 6.42 Å². The van der Waals surface area contributed by atoms with Gasteiger partial charge in [-0.1, -0.05) is 25.0 Å². The summed E-state index contributed by atoms with van der Waals surface area (Å²) in [6.45, 7) is 3.43. The second-order valence-electron chi connectivity index (χ2n) is 8.87. The van der Waals surface area contributed by atoms with Crippen LogP contribution in [0.4, 0.5) is 4.39 Å². The Bertz CT molecular complexity index is 741. The van der Waals surface area contributed by atoms with Crippen LogP contribution in [0.2, 0.25) is 0 Å². The average molecular weight is 387 g/mol. The van der Waals surface area contributed by atoms with Crippen molar-refractivity contribution in [1.82, 2.24) is 15.5 Å². The van der Waals surface area contributed by atoms with E-state index in [-0.39, 0.29) is 22.6 Å². The molecule has 1 aromatic carbocycles. The molecule has 0 bridgehead atoms. The number of rotatable bonds is 3. The molecule has 6 heteroatoms. The number of nitrogens with one attached hydrogen (secondary N) is 2. The van der Waals surface area contributed by atoms with Crippen LogP contribution in [0.5, 0.6) is 0 Å². The van der Waals surface area contributed by atoms with Crippen molar-refractivity contribution >= 4 is 11.9 Å². The zero-order valence-electron chi connectivity index (χ0n) is 16.8. The van der Waals surface area contributed by atoms with Crippen LogP contribution in [0.25, 0.3) is 0 Å². The minimum Gasteiger partial charge on any atom is -0.355 e. The van der Waals surface area contributed by atoms with Crippen molar-refractivity contribution in [3.8, 4) is 0 Å². The Kier molecular flexibility index (Phi) is 5.30. The molecule has 0 radical (unpaired) electrons. The molecule has 3 fully saturated rings. The number of amides is 1. The van der Waals surface area contributed by atoms with Gasteiger partial charge >= 0.3 is 0 Å². The minimum absolute atomic E-state index is 0.0436. The number of hydrogen-bond donors (Lipinski definition) is 2. The standard InChI is InChI=1S/C22H31FN4O/c1-24-20(27-12-4-9-21(16-27)13-19(28)25-14-21)26-15-22(10-2-3-11-22)17-5-7-18(23)8-6-17/h5-8H,2-4,9-16H2,1H3,(H,24,26)(H,25,28). The van der Waals surface area contributed by atoms with Crippen LogP contribution in [0.3, 0.4) is 0 Å². The summed E-state index contributed by atoms with van der Waals surface area (Å²) in [6.07, 6.45) is 7.45.